The molecule has 0 radical (unpaired) electrons. The second kappa shape index (κ2) is 41.5. The molecule has 53 heavy (non-hydrogen) atoms. The monoisotopic (exact) mass is 749 g/mol. The second-order valence-corrected chi connectivity index (χ2v) is 15.4. The van der Waals surface area contributed by atoms with E-state index in [0.29, 0.717) is 19.5 Å². The van der Waals surface area contributed by atoms with Gasteiger partial charge in [0.25, 0.3) is 0 Å². The zero-order valence-corrected chi connectivity index (χ0v) is 35.6. The number of aliphatic hydroxyl groups excluding tert-OH is 1. The fraction of sp³-hybridized carbons (Fsp3) is 0.870. The highest BCUT2D eigenvalue weighted by Crippen LogP contribution is 2.21. The van der Waals surface area contributed by atoms with E-state index in [2.05, 4.69) is 54.9 Å². The molecule has 0 unspecified atom stereocenters. The fourth-order valence-electron chi connectivity index (χ4n) is 6.71. The van der Waals surface area contributed by atoms with Gasteiger partial charge in [0.05, 0.1) is 18.9 Å². The van der Waals surface area contributed by atoms with Crippen LogP contribution >= 0.6 is 0 Å². The molecule has 0 atom stereocenters. The van der Waals surface area contributed by atoms with Gasteiger partial charge in [-0.2, -0.15) is 0 Å². The first-order valence-electron chi connectivity index (χ1n) is 22.6. The van der Waals surface area contributed by atoms with Gasteiger partial charge < -0.3 is 24.4 Å². The number of unbranched alkanes of at least 4 members (excludes halogenated alkanes) is 19. The van der Waals surface area contributed by atoms with E-state index in [-0.39, 0.29) is 37.7 Å². The summed E-state index contributed by atoms with van der Waals surface area (Å²) in [5, 5.41) is 9.30. The maximum absolute atomic E-state index is 13.0. The van der Waals surface area contributed by atoms with E-state index in [4.69, 9.17) is 9.47 Å². The molecule has 0 aromatic carbocycles. The molecular weight excluding hydrogens is 661 g/mol. The van der Waals surface area contributed by atoms with Gasteiger partial charge in [-0.25, -0.2) is 0 Å². The highest BCUT2D eigenvalue weighted by atomic mass is 16.6. The molecule has 7 heteroatoms. The van der Waals surface area contributed by atoms with E-state index < -0.39 is 0 Å². The largest absolute Gasteiger partial charge is 0.462 e. The maximum atomic E-state index is 13.0. The van der Waals surface area contributed by atoms with Gasteiger partial charge in [-0.1, -0.05) is 161 Å². The average molecular weight is 749 g/mol. The second-order valence-electron chi connectivity index (χ2n) is 15.4. The van der Waals surface area contributed by atoms with Gasteiger partial charge in [0.1, 0.15) is 13.2 Å². The molecule has 7 nitrogen and oxygen atoms in total. The highest BCUT2D eigenvalue weighted by Gasteiger charge is 2.20. The number of hydrogen-bond donors (Lipinski definition) is 1. The molecule has 0 amide bonds. The van der Waals surface area contributed by atoms with E-state index in [0.717, 1.165) is 58.2 Å². The molecule has 0 bridgehead atoms. The summed E-state index contributed by atoms with van der Waals surface area (Å²) >= 11 is 0. The highest BCUT2D eigenvalue weighted by molar-refractivity contribution is 5.72. The van der Waals surface area contributed by atoms with Crippen LogP contribution in [0.3, 0.4) is 0 Å². The van der Waals surface area contributed by atoms with Crippen molar-refractivity contribution in [3.05, 3.63) is 24.3 Å². The van der Waals surface area contributed by atoms with E-state index >= 15 is 0 Å². The number of likely N-dealkylation sites (N-methyl/N-ethyl adjacent to an activating group) is 1. The molecule has 0 rings (SSSR count). The third-order valence-corrected chi connectivity index (χ3v) is 10.3. The third-order valence-electron chi connectivity index (χ3n) is 10.3. The lowest BCUT2D eigenvalue weighted by Crippen LogP contribution is -2.36. The maximum Gasteiger partial charge on any atom is 0.309 e. The first-order chi connectivity index (χ1) is 26.0. The van der Waals surface area contributed by atoms with Crippen molar-refractivity contribution in [2.24, 2.45) is 5.92 Å². The summed E-state index contributed by atoms with van der Waals surface area (Å²) in [5.74, 6) is -0.391. The normalized spacial score (nSPS) is 12.0. The number of ether oxygens (including phenoxy) is 2. The topological polar surface area (TPSA) is 79.3 Å². The number of esters is 2. The van der Waals surface area contributed by atoms with Crippen LogP contribution in [0.15, 0.2) is 24.3 Å². The van der Waals surface area contributed by atoms with Crippen molar-refractivity contribution in [2.75, 3.05) is 59.6 Å². The van der Waals surface area contributed by atoms with Gasteiger partial charge in [0, 0.05) is 26.2 Å². The number of carbonyl (C=O) groups is 2. The summed E-state index contributed by atoms with van der Waals surface area (Å²) in [6, 6.07) is 0. The Morgan fingerprint density at radius 3 is 1.62 bits per heavy atom. The molecule has 0 aliphatic heterocycles. The molecule has 0 spiro atoms. The lowest BCUT2D eigenvalue weighted by Gasteiger charge is -2.25. The Morgan fingerprint density at radius 2 is 1.04 bits per heavy atom. The standard InChI is InChI=1S/C46H88N2O5/c1-5-8-11-14-17-18-19-20-21-22-23-24-25-26-29-32-36-48(39-38-47(4)40-41-49)37-35-45(50)52-42-43-53-46(51)44(33-30-27-15-12-9-6-2)34-31-28-16-13-10-7-3/h17-18,20-21,44,49H,5-16,19,22-43H2,1-4H3/b18-17-,21-20-. The summed E-state index contributed by atoms with van der Waals surface area (Å²) in [4.78, 5) is 30.1. The van der Waals surface area contributed by atoms with Gasteiger partial charge in [-0.05, 0) is 65.0 Å². The molecule has 0 saturated carbocycles. The van der Waals surface area contributed by atoms with Crippen LogP contribution in [0.2, 0.25) is 0 Å². The van der Waals surface area contributed by atoms with E-state index in [9.17, 15) is 14.7 Å². The Labute approximate surface area is 329 Å². The van der Waals surface area contributed by atoms with Crippen LogP contribution in [0.5, 0.6) is 0 Å². The van der Waals surface area contributed by atoms with Crippen molar-refractivity contribution in [3.8, 4) is 0 Å². The predicted molar refractivity (Wildman–Crippen MR) is 226 cm³/mol. The molecule has 0 aromatic rings. The van der Waals surface area contributed by atoms with Crippen molar-refractivity contribution in [2.45, 2.75) is 194 Å². The minimum Gasteiger partial charge on any atom is -0.462 e. The van der Waals surface area contributed by atoms with Crippen LogP contribution in [-0.2, 0) is 19.1 Å². The lowest BCUT2D eigenvalue weighted by molar-refractivity contribution is -0.155. The molecular formula is C46H88N2O5. The summed E-state index contributed by atoms with van der Waals surface area (Å²) in [6.07, 6.45) is 40.8. The Balaban J connectivity index is 4.42. The van der Waals surface area contributed by atoms with Gasteiger partial charge in [-0.15, -0.1) is 0 Å². The summed E-state index contributed by atoms with van der Waals surface area (Å²) in [7, 11) is 2.02. The molecule has 0 aliphatic carbocycles. The SMILES string of the molecule is CCCCC/C=C\C/C=C\CCCCCCCCN(CCC(=O)OCCOC(=O)C(CCCCCCCC)CCCCCCCC)CCN(C)CCO. The van der Waals surface area contributed by atoms with Crippen molar-refractivity contribution in [1.82, 2.24) is 9.80 Å². The first-order valence-corrected chi connectivity index (χ1v) is 22.6. The smallest absolute Gasteiger partial charge is 0.309 e. The van der Waals surface area contributed by atoms with E-state index in [1.54, 1.807) is 0 Å². The molecule has 0 heterocycles. The molecule has 312 valence electrons. The number of rotatable bonds is 41. The van der Waals surface area contributed by atoms with Crippen molar-refractivity contribution in [1.29, 1.82) is 0 Å². The van der Waals surface area contributed by atoms with Crippen LogP contribution in [0.4, 0.5) is 0 Å². The third kappa shape index (κ3) is 37.0. The molecule has 0 saturated heterocycles. The summed E-state index contributed by atoms with van der Waals surface area (Å²) < 4.78 is 11.1. The van der Waals surface area contributed by atoms with E-state index in [1.807, 2.05) is 7.05 Å². The van der Waals surface area contributed by atoms with Crippen molar-refractivity contribution >= 4 is 11.9 Å². The van der Waals surface area contributed by atoms with Gasteiger partial charge in [0.2, 0.25) is 0 Å². The van der Waals surface area contributed by atoms with Crippen molar-refractivity contribution < 1.29 is 24.2 Å². The van der Waals surface area contributed by atoms with Crippen LogP contribution < -0.4 is 0 Å². The van der Waals surface area contributed by atoms with Gasteiger partial charge in [0.15, 0.2) is 0 Å². The molecule has 0 aliphatic rings. The number of carbonyl (C=O) groups excluding carboxylic acids is 2. The zero-order chi connectivity index (χ0) is 38.9. The van der Waals surface area contributed by atoms with Crippen LogP contribution in [0.1, 0.15) is 194 Å². The lowest BCUT2D eigenvalue weighted by atomic mass is 9.94. The fourth-order valence-corrected chi connectivity index (χ4v) is 6.71. The first kappa shape index (κ1) is 51.3. The van der Waals surface area contributed by atoms with Crippen LogP contribution in [-0.4, -0.2) is 86.4 Å². The van der Waals surface area contributed by atoms with E-state index in [1.165, 1.54) is 128 Å². The molecule has 1 N–H and O–H groups in total. The van der Waals surface area contributed by atoms with Crippen LogP contribution in [0, 0.1) is 5.92 Å². The van der Waals surface area contributed by atoms with Gasteiger partial charge in [-0.3, -0.25) is 9.59 Å². The van der Waals surface area contributed by atoms with Crippen molar-refractivity contribution in [3.63, 3.8) is 0 Å². The number of nitrogens with zero attached hydrogens (tertiary/aromatic N) is 2. The summed E-state index contributed by atoms with van der Waals surface area (Å²) in [6.45, 7) is 11.1. The minimum absolute atomic E-state index is 0.0415. The predicted octanol–water partition coefficient (Wildman–Crippen LogP) is 11.6. The van der Waals surface area contributed by atoms with Gasteiger partial charge >= 0.3 is 11.9 Å². The van der Waals surface area contributed by atoms with Crippen LogP contribution in [0.25, 0.3) is 0 Å². The Bertz CT molecular complexity index is 832. The Morgan fingerprint density at radius 1 is 0.547 bits per heavy atom. The summed E-state index contributed by atoms with van der Waals surface area (Å²) in [5.41, 5.74) is 0. The molecule has 0 aromatic heterocycles. The average Bonchev–Trinajstić information content (AvgIpc) is 3.15. The number of allylic oxidation sites excluding steroid dienone is 4. The Hall–Kier alpha value is -1.70. The molecule has 0 fully saturated rings. The Kier molecular flexibility index (Phi) is 40.1. The quantitative estimate of drug-likeness (QED) is 0.0379. The number of aliphatic hydroxyl groups is 1. The minimum atomic E-state index is -0.234. The zero-order valence-electron chi connectivity index (χ0n) is 35.6. The number of hydrogen-bond acceptors (Lipinski definition) is 7.